The van der Waals surface area contributed by atoms with Crippen LogP contribution in [0.5, 0.6) is 0 Å². The number of hydrogen-bond donors (Lipinski definition) is 1. The summed E-state index contributed by atoms with van der Waals surface area (Å²) < 4.78 is 0. The van der Waals surface area contributed by atoms with Gasteiger partial charge in [0.25, 0.3) is 5.91 Å². The molecule has 4 heteroatoms. The number of nitrogens with zero attached hydrogens (tertiary/aromatic N) is 2. The summed E-state index contributed by atoms with van der Waals surface area (Å²) in [6.45, 7) is 5.83. The van der Waals surface area contributed by atoms with Gasteiger partial charge in [-0.05, 0) is 24.3 Å². The second kappa shape index (κ2) is 6.53. The molecule has 0 bridgehead atoms. The van der Waals surface area contributed by atoms with E-state index in [-0.39, 0.29) is 12.5 Å². The topological polar surface area (TPSA) is 53.4 Å². The van der Waals surface area contributed by atoms with E-state index in [0.29, 0.717) is 23.0 Å². The van der Waals surface area contributed by atoms with Crippen molar-refractivity contribution in [1.82, 2.24) is 9.88 Å². The standard InChI is InChI=1S/C16H20N2O2/c1-12-5-6-18(11-13(12)2)16(20)15-8-14(4-3-7-19)9-17-10-15/h8-10,12-13,19H,5-7,11H2,1-2H3. The molecule has 1 aliphatic rings. The summed E-state index contributed by atoms with van der Waals surface area (Å²) in [6.07, 6.45) is 4.22. The molecule has 2 unspecified atom stereocenters. The Kier molecular flexibility index (Phi) is 4.75. The maximum absolute atomic E-state index is 12.5. The van der Waals surface area contributed by atoms with E-state index in [0.717, 1.165) is 19.5 Å². The van der Waals surface area contributed by atoms with Gasteiger partial charge in [-0.3, -0.25) is 9.78 Å². The largest absolute Gasteiger partial charge is 0.384 e. The van der Waals surface area contributed by atoms with Crippen LogP contribution in [0.1, 0.15) is 36.2 Å². The zero-order valence-electron chi connectivity index (χ0n) is 12.0. The SMILES string of the molecule is CC1CCN(C(=O)c2cncc(C#CCO)c2)CC1C. The highest BCUT2D eigenvalue weighted by molar-refractivity contribution is 5.94. The predicted molar refractivity (Wildman–Crippen MR) is 77.0 cm³/mol. The lowest BCUT2D eigenvalue weighted by atomic mass is 9.88. The Morgan fingerprint density at radius 3 is 2.95 bits per heavy atom. The number of likely N-dealkylation sites (tertiary alicyclic amines) is 1. The van der Waals surface area contributed by atoms with E-state index < -0.39 is 0 Å². The van der Waals surface area contributed by atoms with Crippen molar-refractivity contribution < 1.29 is 9.90 Å². The van der Waals surface area contributed by atoms with Crippen LogP contribution >= 0.6 is 0 Å². The summed E-state index contributed by atoms with van der Waals surface area (Å²) in [5, 5.41) is 8.69. The number of rotatable bonds is 1. The average molecular weight is 272 g/mol. The van der Waals surface area contributed by atoms with Gasteiger partial charge in [-0.2, -0.15) is 0 Å². The van der Waals surface area contributed by atoms with Gasteiger partial charge in [0.15, 0.2) is 0 Å². The van der Waals surface area contributed by atoms with Crippen molar-refractivity contribution in [3.05, 3.63) is 29.6 Å². The van der Waals surface area contributed by atoms with Crippen LogP contribution in [0.25, 0.3) is 0 Å². The molecule has 0 spiro atoms. The van der Waals surface area contributed by atoms with Gasteiger partial charge in [0.2, 0.25) is 0 Å². The molecule has 1 N–H and O–H groups in total. The van der Waals surface area contributed by atoms with Gasteiger partial charge < -0.3 is 10.0 Å². The molecule has 1 fully saturated rings. The normalized spacial score (nSPS) is 22.1. The molecule has 0 radical (unpaired) electrons. The van der Waals surface area contributed by atoms with Crippen LogP contribution in [0, 0.1) is 23.7 Å². The second-order valence-corrected chi connectivity index (χ2v) is 5.42. The fourth-order valence-corrected chi connectivity index (χ4v) is 2.40. The Bertz CT molecular complexity index is 545. The molecule has 2 rings (SSSR count). The lowest BCUT2D eigenvalue weighted by molar-refractivity contribution is 0.0627. The minimum absolute atomic E-state index is 0.0175. The first kappa shape index (κ1) is 14.5. The lowest BCUT2D eigenvalue weighted by Gasteiger charge is -2.35. The van der Waals surface area contributed by atoms with Crippen molar-refractivity contribution >= 4 is 5.91 Å². The molecular formula is C16H20N2O2. The average Bonchev–Trinajstić information content (AvgIpc) is 2.47. The molecule has 1 aromatic heterocycles. The van der Waals surface area contributed by atoms with Crippen molar-refractivity contribution in [3.63, 3.8) is 0 Å². The van der Waals surface area contributed by atoms with E-state index in [2.05, 4.69) is 30.7 Å². The molecule has 20 heavy (non-hydrogen) atoms. The Hall–Kier alpha value is -1.86. The smallest absolute Gasteiger partial charge is 0.255 e. The molecule has 1 aromatic rings. The van der Waals surface area contributed by atoms with Crippen LogP contribution in [0.15, 0.2) is 18.5 Å². The van der Waals surface area contributed by atoms with E-state index in [1.807, 2.05) is 4.90 Å². The van der Waals surface area contributed by atoms with E-state index in [1.54, 1.807) is 18.5 Å². The number of pyridine rings is 1. The van der Waals surface area contributed by atoms with E-state index >= 15 is 0 Å². The molecule has 1 aliphatic heterocycles. The monoisotopic (exact) mass is 272 g/mol. The molecule has 106 valence electrons. The van der Waals surface area contributed by atoms with Crippen LogP contribution in [0.2, 0.25) is 0 Å². The predicted octanol–water partition coefficient (Wildman–Crippen LogP) is 1.54. The van der Waals surface area contributed by atoms with Crippen molar-refractivity contribution in [1.29, 1.82) is 0 Å². The number of aliphatic hydroxyl groups is 1. The molecule has 4 nitrogen and oxygen atoms in total. The summed E-state index contributed by atoms with van der Waals surface area (Å²) in [5.74, 6) is 6.55. The highest BCUT2D eigenvalue weighted by Gasteiger charge is 2.26. The lowest BCUT2D eigenvalue weighted by Crippen LogP contribution is -2.42. The highest BCUT2D eigenvalue weighted by atomic mass is 16.2. The first-order valence-corrected chi connectivity index (χ1v) is 6.96. The van der Waals surface area contributed by atoms with Crippen LogP contribution < -0.4 is 0 Å². The molecule has 2 heterocycles. The summed E-state index contributed by atoms with van der Waals surface area (Å²) in [4.78, 5) is 18.4. The summed E-state index contributed by atoms with van der Waals surface area (Å²) >= 11 is 0. The van der Waals surface area contributed by atoms with E-state index in [4.69, 9.17) is 5.11 Å². The zero-order valence-corrected chi connectivity index (χ0v) is 12.0. The fraction of sp³-hybridized carbons (Fsp3) is 0.500. The molecule has 0 saturated carbocycles. The number of hydrogen-bond acceptors (Lipinski definition) is 3. The van der Waals surface area contributed by atoms with Gasteiger partial charge in [0.1, 0.15) is 6.61 Å². The number of carbonyl (C=O) groups is 1. The quantitative estimate of drug-likeness (QED) is 0.789. The van der Waals surface area contributed by atoms with Crippen LogP contribution in [-0.2, 0) is 0 Å². The number of amides is 1. The maximum atomic E-state index is 12.5. The van der Waals surface area contributed by atoms with Gasteiger partial charge in [0, 0.05) is 31.0 Å². The molecular weight excluding hydrogens is 252 g/mol. The number of piperidine rings is 1. The first-order valence-electron chi connectivity index (χ1n) is 6.96. The van der Waals surface area contributed by atoms with Crippen molar-refractivity contribution in [2.24, 2.45) is 11.8 Å². The van der Waals surface area contributed by atoms with Crippen LogP contribution in [-0.4, -0.2) is 40.6 Å². The molecule has 2 atom stereocenters. The number of aromatic nitrogens is 1. The first-order chi connectivity index (χ1) is 9.61. The third kappa shape index (κ3) is 3.37. The highest BCUT2D eigenvalue weighted by Crippen LogP contribution is 2.23. The minimum Gasteiger partial charge on any atom is -0.384 e. The van der Waals surface area contributed by atoms with Crippen molar-refractivity contribution in [2.75, 3.05) is 19.7 Å². The van der Waals surface area contributed by atoms with E-state index in [1.165, 1.54) is 0 Å². The summed E-state index contributed by atoms with van der Waals surface area (Å²) in [5.41, 5.74) is 1.22. The Labute approximate surface area is 119 Å². The van der Waals surface area contributed by atoms with Crippen molar-refractivity contribution in [2.45, 2.75) is 20.3 Å². The molecule has 1 amide bonds. The summed E-state index contributed by atoms with van der Waals surface area (Å²) in [6, 6.07) is 1.74. The molecule has 1 saturated heterocycles. The third-order valence-electron chi connectivity index (χ3n) is 3.92. The minimum atomic E-state index is -0.195. The zero-order chi connectivity index (χ0) is 14.5. The summed E-state index contributed by atoms with van der Waals surface area (Å²) in [7, 11) is 0. The molecule has 0 aromatic carbocycles. The van der Waals surface area contributed by atoms with Gasteiger partial charge in [-0.15, -0.1) is 0 Å². The number of carbonyl (C=O) groups excluding carboxylic acids is 1. The molecule has 0 aliphatic carbocycles. The third-order valence-corrected chi connectivity index (χ3v) is 3.92. The van der Waals surface area contributed by atoms with E-state index in [9.17, 15) is 4.79 Å². The Morgan fingerprint density at radius 1 is 1.45 bits per heavy atom. The van der Waals surface area contributed by atoms with Crippen LogP contribution in [0.3, 0.4) is 0 Å². The maximum Gasteiger partial charge on any atom is 0.255 e. The van der Waals surface area contributed by atoms with Gasteiger partial charge in [0.05, 0.1) is 5.56 Å². The van der Waals surface area contributed by atoms with Gasteiger partial charge in [-0.25, -0.2) is 0 Å². The second-order valence-electron chi connectivity index (χ2n) is 5.42. The number of aliphatic hydroxyl groups excluding tert-OH is 1. The van der Waals surface area contributed by atoms with Crippen LogP contribution in [0.4, 0.5) is 0 Å². The van der Waals surface area contributed by atoms with Crippen molar-refractivity contribution in [3.8, 4) is 11.8 Å². The Morgan fingerprint density at radius 2 is 2.25 bits per heavy atom. The van der Waals surface area contributed by atoms with Gasteiger partial charge >= 0.3 is 0 Å². The Balaban J connectivity index is 2.13. The van der Waals surface area contributed by atoms with Gasteiger partial charge in [-0.1, -0.05) is 25.7 Å². The fourth-order valence-electron chi connectivity index (χ4n) is 2.40.